The van der Waals surface area contributed by atoms with E-state index in [1.807, 2.05) is 0 Å². The molecule has 0 bridgehead atoms. The summed E-state index contributed by atoms with van der Waals surface area (Å²) in [6.07, 6.45) is 0.368. The first-order chi connectivity index (χ1) is 9.18. The van der Waals surface area contributed by atoms with Gasteiger partial charge in [0.1, 0.15) is 5.60 Å². The summed E-state index contributed by atoms with van der Waals surface area (Å²) in [5.41, 5.74) is -0.264. The monoisotopic (exact) mass is 284 g/mol. The van der Waals surface area contributed by atoms with Crippen LogP contribution in [0.4, 0.5) is 13.6 Å². The van der Waals surface area contributed by atoms with Crippen LogP contribution in [0, 0.1) is 0 Å². The molecule has 1 aliphatic heterocycles. The minimum Gasteiger partial charge on any atom is -0.444 e. The summed E-state index contributed by atoms with van der Waals surface area (Å²) in [7, 11) is 0. The van der Waals surface area contributed by atoms with E-state index < -0.39 is 36.6 Å². The highest BCUT2D eigenvalue weighted by atomic mass is 19.3. The van der Waals surface area contributed by atoms with Crippen molar-refractivity contribution < 1.29 is 18.3 Å². The third kappa shape index (κ3) is 3.43. The summed E-state index contributed by atoms with van der Waals surface area (Å²) in [4.78, 5) is 17.2. The molecule has 0 saturated carbocycles. The molecule has 2 heterocycles. The second-order valence-corrected chi connectivity index (χ2v) is 5.94. The largest absolute Gasteiger partial charge is 0.444 e. The number of aromatic nitrogens is 1. The molecule has 0 unspecified atom stereocenters. The molecule has 0 spiro atoms. The molecule has 6 heteroatoms. The first-order valence-corrected chi connectivity index (χ1v) is 6.46. The maximum atomic E-state index is 13.6. The van der Waals surface area contributed by atoms with E-state index in [0.717, 1.165) is 4.90 Å². The standard InChI is InChI=1S/C14H18F2N2O2/c1-13(2,3)20-12(19)18-9-14(15,16)8-11(18)10-6-4-5-7-17-10/h4-7,11H,8-9H2,1-3H3/t11-/m0/s1. The van der Waals surface area contributed by atoms with Crippen molar-refractivity contribution in [1.82, 2.24) is 9.88 Å². The number of rotatable bonds is 1. The van der Waals surface area contributed by atoms with Gasteiger partial charge in [0.25, 0.3) is 5.92 Å². The number of amides is 1. The van der Waals surface area contributed by atoms with Crippen LogP contribution in [0.1, 0.15) is 38.9 Å². The molecule has 4 nitrogen and oxygen atoms in total. The summed E-state index contributed by atoms with van der Waals surface area (Å²) in [6.45, 7) is 4.47. The number of pyridine rings is 1. The molecule has 0 aliphatic carbocycles. The van der Waals surface area contributed by atoms with E-state index in [4.69, 9.17) is 4.74 Å². The number of alkyl halides is 2. The van der Waals surface area contributed by atoms with Crippen molar-refractivity contribution in [2.24, 2.45) is 0 Å². The van der Waals surface area contributed by atoms with Gasteiger partial charge in [-0.3, -0.25) is 9.88 Å². The van der Waals surface area contributed by atoms with Gasteiger partial charge in [-0.1, -0.05) is 6.07 Å². The van der Waals surface area contributed by atoms with Gasteiger partial charge in [0, 0.05) is 12.6 Å². The van der Waals surface area contributed by atoms with Crippen molar-refractivity contribution in [2.75, 3.05) is 6.54 Å². The zero-order valence-corrected chi connectivity index (χ0v) is 11.8. The van der Waals surface area contributed by atoms with Crippen LogP contribution >= 0.6 is 0 Å². The number of carbonyl (C=O) groups is 1. The summed E-state index contributed by atoms with van der Waals surface area (Å²) in [5.74, 6) is -2.92. The molecule has 1 saturated heterocycles. The summed E-state index contributed by atoms with van der Waals surface area (Å²) in [6, 6.07) is 4.31. The van der Waals surface area contributed by atoms with E-state index in [0.29, 0.717) is 5.69 Å². The van der Waals surface area contributed by atoms with Gasteiger partial charge >= 0.3 is 6.09 Å². The lowest BCUT2D eigenvalue weighted by Gasteiger charge is -2.27. The maximum Gasteiger partial charge on any atom is 0.411 e. The highest BCUT2D eigenvalue weighted by Crippen LogP contribution is 2.40. The first kappa shape index (κ1) is 14.7. The first-order valence-electron chi connectivity index (χ1n) is 6.46. The maximum absolute atomic E-state index is 13.6. The van der Waals surface area contributed by atoms with Crippen LogP contribution in [0.2, 0.25) is 0 Å². The van der Waals surface area contributed by atoms with Gasteiger partial charge in [-0.2, -0.15) is 0 Å². The minimum atomic E-state index is -2.92. The zero-order chi connectivity index (χ0) is 15.0. The lowest BCUT2D eigenvalue weighted by molar-refractivity contribution is -0.00245. The second kappa shape index (κ2) is 5.00. The van der Waals surface area contributed by atoms with E-state index in [2.05, 4.69) is 4.98 Å². The number of ether oxygens (including phenoxy) is 1. The number of nitrogens with zero attached hydrogens (tertiary/aromatic N) is 2. The molecule has 20 heavy (non-hydrogen) atoms. The molecule has 2 rings (SSSR count). The Morgan fingerprint density at radius 3 is 2.70 bits per heavy atom. The molecule has 0 radical (unpaired) electrons. The van der Waals surface area contributed by atoms with Gasteiger partial charge in [0.2, 0.25) is 0 Å². The Bertz CT molecular complexity index is 486. The molecule has 1 fully saturated rings. The van der Waals surface area contributed by atoms with Crippen LogP contribution in [0.25, 0.3) is 0 Å². The Hall–Kier alpha value is -1.72. The van der Waals surface area contributed by atoms with Crippen LogP contribution in [-0.2, 0) is 4.74 Å². The van der Waals surface area contributed by atoms with E-state index in [9.17, 15) is 13.6 Å². The molecule has 1 aromatic rings. The Morgan fingerprint density at radius 1 is 1.45 bits per heavy atom. The molecule has 1 aromatic heterocycles. The van der Waals surface area contributed by atoms with Gasteiger partial charge in [0.05, 0.1) is 18.3 Å². The second-order valence-electron chi connectivity index (χ2n) is 5.94. The smallest absolute Gasteiger partial charge is 0.411 e. The van der Waals surface area contributed by atoms with Gasteiger partial charge in [0.15, 0.2) is 0 Å². The number of halogens is 2. The Kier molecular flexibility index (Phi) is 3.67. The zero-order valence-electron chi connectivity index (χ0n) is 11.8. The van der Waals surface area contributed by atoms with Crippen LogP contribution in [0.3, 0.4) is 0 Å². The fourth-order valence-corrected chi connectivity index (χ4v) is 2.17. The van der Waals surface area contributed by atoms with Crippen LogP contribution in [0.15, 0.2) is 24.4 Å². The summed E-state index contributed by atoms with van der Waals surface area (Å²) >= 11 is 0. The molecule has 1 atom stereocenters. The quantitative estimate of drug-likeness (QED) is 0.793. The molecule has 1 amide bonds. The molecule has 1 aliphatic rings. The lowest BCUT2D eigenvalue weighted by atomic mass is 10.1. The van der Waals surface area contributed by atoms with Crippen molar-refractivity contribution in [3.63, 3.8) is 0 Å². The molecule has 0 aromatic carbocycles. The van der Waals surface area contributed by atoms with Crippen molar-refractivity contribution >= 4 is 6.09 Å². The Morgan fingerprint density at radius 2 is 2.15 bits per heavy atom. The van der Waals surface area contributed by atoms with E-state index in [1.165, 1.54) is 6.20 Å². The van der Waals surface area contributed by atoms with Crippen molar-refractivity contribution in [3.8, 4) is 0 Å². The van der Waals surface area contributed by atoms with Crippen LogP contribution in [0.5, 0.6) is 0 Å². The summed E-state index contributed by atoms with van der Waals surface area (Å²) in [5, 5.41) is 0. The average molecular weight is 284 g/mol. The molecular formula is C14H18F2N2O2. The highest BCUT2D eigenvalue weighted by molar-refractivity contribution is 5.69. The number of hydrogen-bond acceptors (Lipinski definition) is 3. The van der Waals surface area contributed by atoms with Crippen molar-refractivity contribution in [3.05, 3.63) is 30.1 Å². The van der Waals surface area contributed by atoms with Gasteiger partial charge < -0.3 is 4.74 Å². The highest BCUT2D eigenvalue weighted by Gasteiger charge is 2.49. The average Bonchev–Trinajstić information content (AvgIpc) is 2.65. The number of likely N-dealkylation sites (tertiary alicyclic amines) is 1. The number of hydrogen-bond donors (Lipinski definition) is 0. The van der Waals surface area contributed by atoms with Crippen LogP contribution < -0.4 is 0 Å². The predicted molar refractivity (Wildman–Crippen MR) is 69.5 cm³/mol. The predicted octanol–water partition coefficient (Wildman–Crippen LogP) is 3.40. The Labute approximate surface area is 116 Å². The van der Waals surface area contributed by atoms with E-state index in [1.54, 1.807) is 39.0 Å². The van der Waals surface area contributed by atoms with Crippen LogP contribution in [-0.4, -0.2) is 34.0 Å². The van der Waals surface area contributed by atoms with Crippen molar-refractivity contribution in [1.29, 1.82) is 0 Å². The third-order valence-corrected chi connectivity index (χ3v) is 2.93. The normalized spacial score (nSPS) is 21.9. The lowest BCUT2D eigenvalue weighted by Crippen LogP contribution is -2.38. The van der Waals surface area contributed by atoms with E-state index >= 15 is 0 Å². The van der Waals surface area contributed by atoms with Crippen molar-refractivity contribution in [2.45, 2.75) is 44.8 Å². The third-order valence-electron chi connectivity index (χ3n) is 2.93. The van der Waals surface area contributed by atoms with Gasteiger partial charge in [-0.05, 0) is 32.9 Å². The molecule has 0 N–H and O–H groups in total. The van der Waals surface area contributed by atoms with Gasteiger partial charge in [-0.25, -0.2) is 13.6 Å². The molecular weight excluding hydrogens is 266 g/mol. The fourth-order valence-electron chi connectivity index (χ4n) is 2.17. The van der Waals surface area contributed by atoms with Gasteiger partial charge in [-0.15, -0.1) is 0 Å². The topological polar surface area (TPSA) is 42.4 Å². The fraction of sp³-hybridized carbons (Fsp3) is 0.571. The van der Waals surface area contributed by atoms with E-state index in [-0.39, 0.29) is 0 Å². The minimum absolute atomic E-state index is 0.427. The molecule has 110 valence electrons. The summed E-state index contributed by atoms with van der Waals surface area (Å²) < 4.78 is 32.5. The SMILES string of the molecule is CC(C)(C)OC(=O)N1CC(F)(F)C[C@H]1c1ccccn1. The number of carbonyl (C=O) groups excluding carboxylic acids is 1. The Balaban J connectivity index is 2.23.